The van der Waals surface area contributed by atoms with Crippen LogP contribution in [0.3, 0.4) is 0 Å². The van der Waals surface area contributed by atoms with Gasteiger partial charge < -0.3 is 5.11 Å². The Bertz CT molecular complexity index is 426. The molecular weight excluding hydrogens is 173 g/mol. The molecule has 1 heterocycles. The lowest BCUT2D eigenvalue weighted by Crippen LogP contribution is -2.03. The van der Waals surface area contributed by atoms with E-state index in [-0.39, 0.29) is 12.4 Å². The van der Waals surface area contributed by atoms with E-state index >= 15 is 0 Å². The number of aliphatic hydroxyl groups excluding tert-OH is 1. The summed E-state index contributed by atoms with van der Waals surface area (Å²) < 4.78 is 14.3. The van der Waals surface area contributed by atoms with E-state index in [0.717, 1.165) is 0 Å². The van der Waals surface area contributed by atoms with E-state index < -0.39 is 0 Å². The van der Waals surface area contributed by atoms with Crippen LogP contribution in [0.1, 0.15) is 0 Å². The maximum absolute atomic E-state index is 12.8. The van der Waals surface area contributed by atoms with Crippen molar-refractivity contribution >= 4 is 11.0 Å². The van der Waals surface area contributed by atoms with Crippen LogP contribution >= 0.6 is 0 Å². The molecule has 1 aromatic carbocycles. The quantitative estimate of drug-likeness (QED) is 0.736. The molecule has 0 aliphatic carbocycles. The van der Waals surface area contributed by atoms with Crippen molar-refractivity contribution in [3.05, 3.63) is 24.0 Å². The molecule has 68 valence electrons. The molecular formula is C8H8FN3O. The van der Waals surface area contributed by atoms with Gasteiger partial charge in [-0.25, -0.2) is 9.07 Å². The lowest BCUT2D eigenvalue weighted by molar-refractivity contribution is 0.270. The van der Waals surface area contributed by atoms with Crippen molar-refractivity contribution in [3.63, 3.8) is 0 Å². The molecule has 5 heteroatoms. The second kappa shape index (κ2) is 3.10. The Balaban J connectivity index is 2.58. The lowest BCUT2D eigenvalue weighted by atomic mass is 10.3. The molecule has 0 aliphatic heterocycles. The van der Waals surface area contributed by atoms with Gasteiger partial charge in [-0.3, -0.25) is 0 Å². The fraction of sp³-hybridized carbons (Fsp3) is 0.250. The third kappa shape index (κ3) is 1.38. The van der Waals surface area contributed by atoms with Gasteiger partial charge in [0.2, 0.25) is 0 Å². The van der Waals surface area contributed by atoms with Gasteiger partial charge in [-0.1, -0.05) is 5.21 Å². The van der Waals surface area contributed by atoms with E-state index in [2.05, 4.69) is 10.3 Å². The fourth-order valence-corrected chi connectivity index (χ4v) is 1.20. The van der Waals surface area contributed by atoms with Crippen LogP contribution in [-0.4, -0.2) is 26.7 Å². The number of aromatic nitrogens is 3. The van der Waals surface area contributed by atoms with E-state index in [9.17, 15) is 4.39 Å². The molecule has 0 saturated carbocycles. The van der Waals surface area contributed by atoms with Crippen LogP contribution in [-0.2, 0) is 6.54 Å². The number of aliphatic hydroxyl groups is 1. The molecule has 0 aliphatic rings. The monoisotopic (exact) mass is 181 g/mol. The molecule has 0 radical (unpaired) electrons. The molecule has 1 N–H and O–H groups in total. The number of halogens is 1. The van der Waals surface area contributed by atoms with Gasteiger partial charge >= 0.3 is 0 Å². The third-order valence-corrected chi connectivity index (χ3v) is 1.79. The van der Waals surface area contributed by atoms with Crippen LogP contribution in [0.15, 0.2) is 18.2 Å². The Kier molecular flexibility index (Phi) is 1.94. The van der Waals surface area contributed by atoms with Gasteiger partial charge in [0, 0.05) is 6.07 Å². The van der Waals surface area contributed by atoms with Crippen molar-refractivity contribution in [3.8, 4) is 0 Å². The Hall–Kier alpha value is -1.49. The molecule has 0 unspecified atom stereocenters. The zero-order valence-corrected chi connectivity index (χ0v) is 6.81. The van der Waals surface area contributed by atoms with Crippen molar-refractivity contribution in [2.75, 3.05) is 6.61 Å². The molecule has 0 atom stereocenters. The summed E-state index contributed by atoms with van der Waals surface area (Å²) in [7, 11) is 0. The summed E-state index contributed by atoms with van der Waals surface area (Å²) in [5.41, 5.74) is 1.24. The standard InChI is InChI=1S/C8H8FN3O/c9-6-1-2-7-8(5-6)12(3-4-13)11-10-7/h1-2,5,13H,3-4H2. The minimum Gasteiger partial charge on any atom is -0.394 e. The predicted molar refractivity (Wildman–Crippen MR) is 44.6 cm³/mol. The van der Waals surface area contributed by atoms with Gasteiger partial charge in [0.05, 0.1) is 18.7 Å². The first kappa shape index (κ1) is 8.12. The summed E-state index contributed by atoms with van der Waals surface area (Å²) in [6, 6.07) is 4.25. The van der Waals surface area contributed by atoms with E-state index in [1.54, 1.807) is 6.07 Å². The molecule has 4 nitrogen and oxygen atoms in total. The van der Waals surface area contributed by atoms with Gasteiger partial charge in [-0.2, -0.15) is 0 Å². The first-order chi connectivity index (χ1) is 6.31. The van der Waals surface area contributed by atoms with Crippen LogP contribution in [0.2, 0.25) is 0 Å². The second-order valence-electron chi connectivity index (χ2n) is 2.67. The molecule has 2 aromatic rings. The molecule has 0 saturated heterocycles. The Labute approximate surface area is 73.6 Å². The number of rotatable bonds is 2. The van der Waals surface area contributed by atoms with E-state index in [0.29, 0.717) is 17.6 Å². The number of hydrogen-bond acceptors (Lipinski definition) is 3. The summed E-state index contributed by atoms with van der Waals surface area (Å²) in [4.78, 5) is 0. The van der Waals surface area contributed by atoms with Crippen LogP contribution < -0.4 is 0 Å². The van der Waals surface area contributed by atoms with Crippen molar-refractivity contribution < 1.29 is 9.50 Å². The fourth-order valence-electron chi connectivity index (χ4n) is 1.20. The molecule has 2 rings (SSSR count). The van der Waals surface area contributed by atoms with Crippen LogP contribution in [0.25, 0.3) is 11.0 Å². The zero-order valence-electron chi connectivity index (χ0n) is 6.81. The van der Waals surface area contributed by atoms with Gasteiger partial charge in [0.25, 0.3) is 0 Å². The van der Waals surface area contributed by atoms with E-state index in [1.165, 1.54) is 16.8 Å². The van der Waals surface area contributed by atoms with Crippen molar-refractivity contribution in [2.45, 2.75) is 6.54 Å². The highest BCUT2D eigenvalue weighted by molar-refractivity contribution is 5.73. The molecule has 0 bridgehead atoms. The van der Waals surface area contributed by atoms with Gasteiger partial charge in [0.1, 0.15) is 11.3 Å². The summed E-state index contributed by atoms with van der Waals surface area (Å²) in [5.74, 6) is -0.325. The smallest absolute Gasteiger partial charge is 0.125 e. The lowest BCUT2D eigenvalue weighted by Gasteiger charge is -1.97. The highest BCUT2D eigenvalue weighted by Crippen LogP contribution is 2.11. The Morgan fingerprint density at radius 2 is 2.31 bits per heavy atom. The van der Waals surface area contributed by atoms with E-state index in [1.807, 2.05) is 0 Å². The largest absolute Gasteiger partial charge is 0.394 e. The highest BCUT2D eigenvalue weighted by atomic mass is 19.1. The minimum absolute atomic E-state index is 0.0328. The van der Waals surface area contributed by atoms with Gasteiger partial charge in [-0.05, 0) is 12.1 Å². The average molecular weight is 181 g/mol. The van der Waals surface area contributed by atoms with Crippen molar-refractivity contribution in [1.29, 1.82) is 0 Å². The number of fused-ring (bicyclic) bond motifs is 1. The normalized spacial score (nSPS) is 10.9. The first-order valence-corrected chi connectivity index (χ1v) is 3.91. The minimum atomic E-state index is -0.325. The number of hydrogen-bond donors (Lipinski definition) is 1. The van der Waals surface area contributed by atoms with Gasteiger partial charge in [0.15, 0.2) is 0 Å². The Morgan fingerprint density at radius 3 is 3.08 bits per heavy atom. The van der Waals surface area contributed by atoms with Crippen LogP contribution in [0.5, 0.6) is 0 Å². The molecule has 0 fully saturated rings. The topological polar surface area (TPSA) is 50.9 Å². The highest BCUT2D eigenvalue weighted by Gasteiger charge is 2.03. The van der Waals surface area contributed by atoms with Crippen molar-refractivity contribution in [2.24, 2.45) is 0 Å². The maximum atomic E-state index is 12.8. The van der Waals surface area contributed by atoms with Crippen molar-refractivity contribution in [1.82, 2.24) is 15.0 Å². The average Bonchev–Trinajstić information content (AvgIpc) is 2.49. The summed E-state index contributed by atoms with van der Waals surface area (Å²) in [6.45, 7) is 0.301. The zero-order chi connectivity index (χ0) is 9.26. The number of nitrogens with zero attached hydrogens (tertiary/aromatic N) is 3. The Morgan fingerprint density at radius 1 is 1.46 bits per heavy atom. The maximum Gasteiger partial charge on any atom is 0.125 e. The summed E-state index contributed by atoms with van der Waals surface area (Å²) in [6.07, 6.45) is 0. The number of benzene rings is 1. The van der Waals surface area contributed by atoms with Gasteiger partial charge in [-0.15, -0.1) is 5.10 Å². The molecule has 13 heavy (non-hydrogen) atoms. The van der Waals surface area contributed by atoms with E-state index in [4.69, 9.17) is 5.11 Å². The third-order valence-electron chi connectivity index (χ3n) is 1.79. The SMILES string of the molecule is OCCn1nnc2ccc(F)cc21. The summed E-state index contributed by atoms with van der Waals surface area (Å²) in [5, 5.41) is 16.3. The molecule has 1 aromatic heterocycles. The van der Waals surface area contributed by atoms with Crippen LogP contribution in [0, 0.1) is 5.82 Å². The van der Waals surface area contributed by atoms with Crippen LogP contribution in [0.4, 0.5) is 4.39 Å². The molecule has 0 amide bonds. The predicted octanol–water partition coefficient (Wildman–Crippen LogP) is 0.563. The molecule has 0 spiro atoms. The first-order valence-electron chi connectivity index (χ1n) is 3.91. The second-order valence-corrected chi connectivity index (χ2v) is 2.67. The summed E-state index contributed by atoms with van der Waals surface area (Å²) >= 11 is 0.